The van der Waals surface area contributed by atoms with Crippen molar-refractivity contribution in [1.29, 1.82) is 0 Å². The first kappa shape index (κ1) is 21.3. The summed E-state index contributed by atoms with van der Waals surface area (Å²) in [5, 5.41) is 11.5. The fourth-order valence-corrected chi connectivity index (χ4v) is 4.87. The van der Waals surface area contributed by atoms with Gasteiger partial charge in [-0.1, -0.05) is 12.5 Å². The van der Waals surface area contributed by atoms with Crippen molar-refractivity contribution in [2.75, 3.05) is 20.3 Å². The van der Waals surface area contributed by atoms with E-state index < -0.39 is 27.9 Å². The quantitative estimate of drug-likeness (QED) is 0.718. The van der Waals surface area contributed by atoms with E-state index in [2.05, 4.69) is 5.32 Å². The number of methoxy groups -OCH3 is 1. The molecule has 0 bridgehead atoms. The Labute approximate surface area is 159 Å². The van der Waals surface area contributed by atoms with Crippen molar-refractivity contribution in [3.8, 4) is 0 Å². The van der Waals surface area contributed by atoms with Crippen LogP contribution >= 0.6 is 0 Å². The van der Waals surface area contributed by atoms with Crippen LogP contribution in [0.2, 0.25) is 0 Å². The summed E-state index contributed by atoms with van der Waals surface area (Å²) in [6.45, 7) is 3.80. The van der Waals surface area contributed by atoms with Crippen LogP contribution in [0.3, 0.4) is 0 Å². The third kappa shape index (κ3) is 4.85. The van der Waals surface area contributed by atoms with Gasteiger partial charge in [-0.3, -0.25) is 4.79 Å². The normalized spacial score (nSPS) is 19.4. The van der Waals surface area contributed by atoms with E-state index in [1.165, 1.54) is 23.5 Å². The van der Waals surface area contributed by atoms with E-state index in [0.29, 0.717) is 12.1 Å². The molecule has 0 spiro atoms. The van der Waals surface area contributed by atoms with E-state index in [1.54, 1.807) is 13.0 Å². The molecule has 9 heteroatoms. The third-order valence-electron chi connectivity index (χ3n) is 4.74. The highest BCUT2D eigenvalue weighted by atomic mass is 32.2. The van der Waals surface area contributed by atoms with E-state index in [4.69, 9.17) is 9.84 Å². The Balaban J connectivity index is 2.32. The van der Waals surface area contributed by atoms with Gasteiger partial charge >= 0.3 is 5.97 Å². The molecule has 1 aromatic carbocycles. The Morgan fingerprint density at radius 1 is 1.37 bits per heavy atom. The smallest absolute Gasteiger partial charge is 0.328 e. The standard InChI is InChI=1S/C18H26N2O6S/c1-12-7-8-14(27(24,25)20-9-5-4-6-13(20)2)10-15(12)17(21)19-16(11-26-3)18(22)23/h7-8,10,13,16H,4-6,9,11H2,1-3H3,(H,19,21)(H,22,23). The second-order valence-corrected chi connectivity index (χ2v) is 8.65. The molecule has 2 N–H and O–H groups in total. The van der Waals surface area contributed by atoms with Crippen molar-refractivity contribution in [3.05, 3.63) is 29.3 Å². The minimum atomic E-state index is -3.73. The van der Waals surface area contributed by atoms with E-state index >= 15 is 0 Å². The number of amides is 1. The second kappa shape index (κ2) is 8.81. The average Bonchev–Trinajstić information content (AvgIpc) is 2.61. The number of rotatable bonds is 7. The number of hydrogen-bond donors (Lipinski definition) is 2. The van der Waals surface area contributed by atoms with Crippen LogP contribution < -0.4 is 5.32 Å². The first-order valence-corrected chi connectivity index (χ1v) is 10.3. The number of carboxylic acid groups (broad SMARTS) is 1. The second-order valence-electron chi connectivity index (χ2n) is 6.76. The lowest BCUT2D eigenvalue weighted by Crippen LogP contribution is -2.44. The highest BCUT2D eigenvalue weighted by Gasteiger charge is 2.32. The summed E-state index contributed by atoms with van der Waals surface area (Å²) in [6.07, 6.45) is 2.60. The highest BCUT2D eigenvalue weighted by Crippen LogP contribution is 2.26. The number of sulfonamides is 1. The number of aryl methyl sites for hydroxylation is 1. The van der Waals surface area contributed by atoms with Gasteiger partial charge in [-0.2, -0.15) is 4.31 Å². The summed E-state index contributed by atoms with van der Waals surface area (Å²) in [5.41, 5.74) is 0.683. The van der Waals surface area contributed by atoms with Gasteiger partial charge in [0.15, 0.2) is 6.04 Å². The number of aliphatic carboxylic acids is 1. The lowest BCUT2D eigenvalue weighted by Gasteiger charge is -2.32. The first-order chi connectivity index (χ1) is 12.7. The van der Waals surface area contributed by atoms with Gasteiger partial charge in [-0.05, 0) is 44.4 Å². The molecule has 1 aliphatic rings. The molecule has 0 saturated carbocycles. The zero-order chi connectivity index (χ0) is 20.2. The molecule has 2 rings (SSSR count). The zero-order valence-electron chi connectivity index (χ0n) is 15.8. The predicted molar refractivity (Wildman–Crippen MR) is 99.1 cm³/mol. The van der Waals surface area contributed by atoms with Crippen molar-refractivity contribution in [3.63, 3.8) is 0 Å². The monoisotopic (exact) mass is 398 g/mol. The number of carbonyl (C=O) groups is 2. The molecule has 1 fully saturated rings. The topological polar surface area (TPSA) is 113 Å². The van der Waals surface area contributed by atoms with Gasteiger partial charge in [-0.25, -0.2) is 13.2 Å². The van der Waals surface area contributed by atoms with Gasteiger partial charge in [0.25, 0.3) is 5.91 Å². The van der Waals surface area contributed by atoms with Gasteiger partial charge in [-0.15, -0.1) is 0 Å². The fourth-order valence-electron chi connectivity index (χ4n) is 3.15. The predicted octanol–water partition coefficient (Wildman–Crippen LogP) is 1.39. The fraction of sp³-hybridized carbons (Fsp3) is 0.556. The van der Waals surface area contributed by atoms with Crippen molar-refractivity contribution in [2.45, 2.75) is 50.1 Å². The number of nitrogens with one attached hydrogen (secondary N) is 1. The van der Waals surface area contributed by atoms with Crippen LogP contribution in [0.4, 0.5) is 0 Å². The molecule has 1 aromatic rings. The van der Waals surface area contributed by atoms with Gasteiger partial charge in [0, 0.05) is 25.3 Å². The van der Waals surface area contributed by atoms with Crippen LogP contribution in [-0.2, 0) is 19.6 Å². The van der Waals surface area contributed by atoms with Gasteiger partial charge in [0.1, 0.15) is 0 Å². The molecule has 1 amide bonds. The van der Waals surface area contributed by atoms with Crippen LogP contribution in [0.1, 0.15) is 42.1 Å². The minimum absolute atomic E-state index is 0.0330. The van der Waals surface area contributed by atoms with Crippen LogP contribution in [0.25, 0.3) is 0 Å². The van der Waals surface area contributed by atoms with Crippen LogP contribution in [-0.4, -0.2) is 62.1 Å². The molecular formula is C18H26N2O6S. The van der Waals surface area contributed by atoms with Crippen LogP contribution in [0, 0.1) is 6.92 Å². The number of carboxylic acids is 1. The van der Waals surface area contributed by atoms with E-state index in [0.717, 1.165) is 19.3 Å². The Morgan fingerprint density at radius 3 is 2.67 bits per heavy atom. The zero-order valence-corrected chi connectivity index (χ0v) is 16.6. The van der Waals surface area contributed by atoms with E-state index in [1.807, 2.05) is 6.92 Å². The molecule has 0 aliphatic carbocycles. The Hall–Kier alpha value is -1.97. The molecule has 2 unspecified atom stereocenters. The summed E-state index contributed by atoms with van der Waals surface area (Å²) in [4.78, 5) is 23.8. The molecule has 150 valence electrons. The number of nitrogens with zero attached hydrogens (tertiary/aromatic N) is 1. The summed E-state index contributed by atoms with van der Waals surface area (Å²) in [6, 6.07) is 3.03. The van der Waals surface area contributed by atoms with E-state index in [-0.39, 0.29) is 23.1 Å². The highest BCUT2D eigenvalue weighted by molar-refractivity contribution is 7.89. The maximum absolute atomic E-state index is 13.0. The summed E-state index contributed by atoms with van der Waals surface area (Å²) in [7, 11) is -2.39. The Morgan fingerprint density at radius 2 is 2.07 bits per heavy atom. The van der Waals surface area contributed by atoms with Gasteiger partial charge < -0.3 is 15.2 Å². The van der Waals surface area contributed by atoms with Crippen LogP contribution in [0.5, 0.6) is 0 Å². The molecule has 0 radical (unpaired) electrons. The first-order valence-electron chi connectivity index (χ1n) is 8.83. The summed E-state index contributed by atoms with van der Waals surface area (Å²) < 4.78 is 32.3. The van der Waals surface area contributed by atoms with Crippen LogP contribution in [0.15, 0.2) is 23.1 Å². The third-order valence-corrected chi connectivity index (χ3v) is 6.75. The molecule has 27 heavy (non-hydrogen) atoms. The Bertz CT molecular complexity index is 808. The average molecular weight is 398 g/mol. The number of carbonyl (C=O) groups excluding carboxylic acids is 1. The number of ether oxygens (including phenoxy) is 1. The molecule has 1 aliphatic heterocycles. The maximum atomic E-state index is 13.0. The molecule has 1 saturated heterocycles. The molecule has 2 atom stereocenters. The lowest BCUT2D eigenvalue weighted by atomic mass is 10.1. The van der Waals surface area contributed by atoms with Crippen molar-refractivity contribution in [1.82, 2.24) is 9.62 Å². The van der Waals surface area contributed by atoms with Crippen molar-refractivity contribution < 1.29 is 27.9 Å². The molecule has 8 nitrogen and oxygen atoms in total. The lowest BCUT2D eigenvalue weighted by molar-refractivity contribution is -0.140. The number of benzene rings is 1. The molecule has 1 heterocycles. The number of hydrogen-bond acceptors (Lipinski definition) is 5. The largest absolute Gasteiger partial charge is 0.480 e. The summed E-state index contributed by atoms with van der Waals surface area (Å²) >= 11 is 0. The van der Waals surface area contributed by atoms with Gasteiger partial charge in [0.2, 0.25) is 10.0 Å². The molecule has 0 aromatic heterocycles. The van der Waals surface area contributed by atoms with E-state index in [9.17, 15) is 18.0 Å². The summed E-state index contributed by atoms with van der Waals surface area (Å²) in [5.74, 6) is -1.88. The molecular weight excluding hydrogens is 372 g/mol. The number of piperidine rings is 1. The minimum Gasteiger partial charge on any atom is -0.480 e. The van der Waals surface area contributed by atoms with Gasteiger partial charge in [0.05, 0.1) is 11.5 Å². The maximum Gasteiger partial charge on any atom is 0.328 e. The van der Waals surface area contributed by atoms with Crippen molar-refractivity contribution in [2.24, 2.45) is 0 Å². The SMILES string of the molecule is COCC(NC(=O)c1cc(S(=O)(=O)N2CCCCC2C)ccc1C)C(=O)O. The van der Waals surface area contributed by atoms with Crippen molar-refractivity contribution >= 4 is 21.9 Å². The Kier molecular flexibility index (Phi) is 6.96.